The summed E-state index contributed by atoms with van der Waals surface area (Å²) in [5.74, 6) is 0. The number of para-hydroxylation sites is 2. The lowest BCUT2D eigenvalue weighted by atomic mass is 10.0. The van der Waals surface area contributed by atoms with Crippen molar-refractivity contribution in [3.63, 3.8) is 0 Å². The number of nitrogens with zero attached hydrogens (tertiary/aromatic N) is 2. The summed E-state index contributed by atoms with van der Waals surface area (Å²) in [6, 6.07) is 7.68. The molecule has 1 aromatic carbocycles. The van der Waals surface area contributed by atoms with Gasteiger partial charge in [0.1, 0.15) is 5.69 Å². The number of hydrogen-bond acceptors (Lipinski definition) is 4. The van der Waals surface area contributed by atoms with Crippen LogP contribution in [0, 0.1) is 10.1 Å². The summed E-state index contributed by atoms with van der Waals surface area (Å²) in [6.45, 7) is 6.04. The maximum absolute atomic E-state index is 11.2. The van der Waals surface area contributed by atoms with Crippen LogP contribution in [0.3, 0.4) is 0 Å². The summed E-state index contributed by atoms with van der Waals surface area (Å²) in [5.41, 5.74) is 0.914. The molecule has 1 aliphatic rings. The van der Waals surface area contributed by atoms with Gasteiger partial charge in [-0.3, -0.25) is 10.1 Å². The fraction of sp³-hybridized carbons (Fsp3) is 0.600. The number of piperidine rings is 1. The molecule has 5 heteroatoms. The van der Waals surface area contributed by atoms with E-state index in [4.69, 9.17) is 0 Å². The standard InChI is InChI=1S/C15H23N3O2/c1-12(2)17(11-13-7-5-6-10-16-13)14-8-3-4-9-15(14)18(19)20/h3-4,8-9,12-13,16H,5-7,10-11H2,1-2H3. The zero-order chi connectivity index (χ0) is 14.5. The first kappa shape index (κ1) is 14.8. The SMILES string of the molecule is CC(C)N(CC1CCCCN1)c1ccccc1[N+](=O)[O-]. The Morgan fingerprint density at radius 2 is 2.15 bits per heavy atom. The van der Waals surface area contributed by atoms with E-state index in [1.165, 1.54) is 12.8 Å². The van der Waals surface area contributed by atoms with Crippen LogP contribution in [0.2, 0.25) is 0 Å². The Balaban J connectivity index is 2.21. The number of nitro groups is 1. The highest BCUT2D eigenvalue weighted by Crippen LogP contribution is 2.29. The molecule has 2 rings (SSSR count). The maximum Gasteiger partial charge on any atom is 0.292 e. The van der Waals surface area contributed by atoms with E-state index in [0.717, 1.165) is 25.2 Å². The van der Waals surface area contributed by atoms with Crippen molar-refractivity contribution >= 4 is 11.4 Å². The predicted octanol–water partition coefficient (Wildman–Crippen LogP) is 2.95. The summed E-state index contributed by atoms with van der Waals surface area (Å²) in [7, 11) is 0. The van der Waals surface area contributed by atoms with Gasteiger partial charge in [0.25, 0.3) is 5.69 Å². The number of benzene rings is 1. The average molecular weight is 277 g/mol. The number of hydrogen-bond donors (Lipinski definition) is 1. The topological polar surface area (TPSA) is 58.4 Å². The fourth-order valence-corrected chi connectivity index (χ4v) is 2.77. The fourth-order valence-electron chi connectivity index (χ4n) is 2.77. The van der Waals surface area contributed by atoms with Gasteiger partial charge in [-0.25, -0.2) is 0 Å². The van der Waals surface area contributed by atoms with Gasteiger partial charge in [0.15, 0.2) is 0 Å². The smallest absolute Gasteiger partial charge is 0.292 e. The molecule has 5 nitrogen and oxygen atoms in total. The van der Waals surface area contributed by atoms with E-state index in [0.29, 0.717) is 6.04 Å². The molecule has 110 valence electrons. The first-order valence-corrected chi connectivity index (χ1v) is 7.33. The van der Waals surface area contributed by atoms with Crippen LogP contribution >= 0.6 is 0 Å². The molecule has 0 aromatic heterocycles. The van der Waals surface area contributed by atoms with Gasteiger partial charge in [-0.05, 0) is 39.3 Å². The molecule has 0 aliphatic carbocycles. The van der Waals surface area contributed by atoms with Crippen LogP contribution in [-0.2, 0) is 0 Å². The molecule has 1 aromatic rings. The Morgan fingerprint density at radius 1 is 1.40 bits per heavy atom. The minimum Gasteiger partial charge on any atom is -0.362 e. The second kappa shape index (κ2) is 6.70. The summed E-state index contributed by atoms with van der Waals surface area (Å²) < 4.78 is 0. The van der Waals surface area contributed by atoms with Gasteiger partial charge in [0.2, 0.25) is 0 Å². The molecule has 1 atom stereocenters. The quantitative estimate of drug-likeness (QED) is 0.664. The van der Waals surface area contributed by atoms with Crippen LogP contribution in [0.25, 0.3) is 0 Å². The molecule has 1 saturated heterocycles. The van der Waals surface area contributed by atoms with Crippen LogP contribution in [0.4, 0.5) is 11.4 Å². The van der Waals surface area contributed by atoms with Gasteiger partial charge in [0.05, 0.1) is 4.92 Å². The lowest BCUT2D eigenvalue weighted by Crippen LogP contribution is -2.46. The molecule has 1 fully saturated rings. The molecule has 20 heavy (non-hydrogen) atoms. The third-order valence-electron chi connectivity index (χ3n) is 3.84. The third kappa shape index (κ3) is 3.48. The number of nitro benzene ring substituents is 1. The monoisotopic (exact) mass is 277 g/mol. The van der Waals surface area contributed by atoms with Crippen molar-refractivity contribution in [2.24, 2.45) is 0 Å². The second-order valence-corrected chi connectivity index (χ2v) is 5.64. The van der Waals surface area contributed by atoms with Gasteiger partial charge in [-0.2, -0.15) is 0 Å². The molecule has 1 unspecified atom stereocenters. The molecule has 1 heterocycles. The van der Waals surface area contributed by atoms with Crippen LogP contribution < -0.4 is 10.2 Å². The maximum atomic E-state index is 11.2. The largest absolute Gasteiger partial charge is 0.362 e. The molecule has 0 spiro atoms. The predicted molar refractivity (Wildman–Crippen MR) is 81.2 cm³/mol. The van der Waals surface area contributed by atoms with E-state index in [9.17, 15) is 10.1 Å². The Kier molecular flexibility index (Phi) is 4.95. The molecular formula is C15H23N3O2. The number of nitrogens with one attached hydrogen (secondary N) is 1. The van der Waals surface area contributed by atoms with E-state index >= 15 is 0 Å². The van der Waals surface area contributed by atoms with Crippen LogP contribution in [0.1, 0.15) is 33.1 Å². The first-order chi connectivity index (χ1) is 9.59. The van der Waals surface area contributed by atoms with Crippen molar-refractivity contribution in [2.45, 2.75) is 45.2 Å². The Morgan fingerprint density at radius 3 is 2.75 bits per heavy atom. The third-order valence-corrected chi connectivity index (χ3v) is 3.84. The van der Waals surface area contributed by atoms with Crippen LogP contribution in [-0.4, -0.2) is 30.1 Å². The molecule has 0 bridgehead atoms. The van der Waals surface area contributed by atoms with Crippen molar-refractivity contribution < 1.29 is 4.92 Å². The minimum atomic E-state index is -0.293. The van der Waals surface area contributed by atoms with Gasteiger partial charge in [-0.1, -0.05) is 18.6 Å². The average Bonchev–Trinajstić information content (AvgIpc) is 2.45. The number of rotatable bonds is 5. The second-order valence-electron chi connectivity index (χ2n) is 5.64. The van der Waals surface area contributed by atoms with E-state index in [2.05, 4.69) is 24.1 Å². The van der Waals surface area contributed by atoms with E-state index in [1.807, 2.05) is 12.1 Å². The zero-order valence-corrected chi connectivity index (χ0v) is 12.2. The van der Waals surface area contributed by atoms with Crippen LogP contribution in [0.5, 0.6) is 0 Å². The summed E-state index contributed by atoms with van der Waals surface area (Å²) in [5, 5.41) is 14.7. The lowest BCUT2D eigenvalue weighted by molar-refractivity contribution is -0.384. The Bertz CT molecular complexity index is 456. The highest BCUT2D eigenvalue weighted by Gasteiger charge is 2.24. The van der Waals surface area contributed by atoms with Gasteiger partial charge in [-0.15, -0.1) is 0 Å². The normalized spacial score (nSPS) is 19.1. The molecule has 1 aliphatic heterocycles. The zero-order valence-electron chi connectivity index (χ0n) is 12.2. The Hall–Kier alpha value is -1.62. The first-order valence-electron chi connectivity index (χ1n) is 7.33. The van der Waals surface area contributed by atoms with Crippen molar-refractivity contribution in [3.05, 3.63) is 34.4 Å². The van der Waals surface area contributed by atoms with E-state index < -0.39 is 0 Å². The molecule has 1 N–H and O–H groups in total. The summed E-state index contributed by atoms with van der Waals surface area (Å²) >= 11 is 0. The highest BCUT2D eigenvalue weighted by molar-refractivity contribution is 5.63. The lowest BCUT2D eigenvalue weighted by Gasteiger charge is -2.34. The van der Waals surface area contributed by atoms with Gasteiger partial charge >= 0.3 is 0 Å². The van der Waals surface area contributed by atoms with Crippen molar-refractivity contribution in [1.82, 2.24) is 5.32 Å². The van der Waals surface area contributed by atoms with Crippen molar-refractivity contribution in [3.8, 4) is 0 Å². The summed E-state index contributed by atoms with van der Waals surface area (Å²) in [6.07, 6.45) is 3.61. The van der Waals surface area contributed by atoms with Crippen LogP contribution in [0.15, 0.2) is 24.3 Å². The summed E-state index contributed by atoms with van der Waals surface area (Å²) in [4.78, 5) is 13.1. The highest BCUT2D eigenvalue weighted by atomic mass is 16.6. The van der Waals surface area contributed by atoms with E-state index in [1.54, 1.807) is 12.1 Å². The van der Waals surface area contributed by atoms with Gasteiger partial charge in [0, 0.05) is 24.7 Å². The minimum absolute atomic E-state index is 0.192. The van der Waals surface area contributed by atoms with Crippen molar-refractivity contribution in [1.29, 1.82) is 0 Å². The molecule has 0 amide bonds. The van der Waals surface area contributed by atoms with Gasteiger partial charge < -0.3 is 10.2 Å². The molecule has 0 saturated carbocycles. The Labute approximate surface area is 120 Å². The van der Waals surface area contributed by atoms with Crippen molar-refractivity contribution in [2.75, 3.05) is 18.0 Å². The van der Waals surface area contributed by atoms with E-state index in [-0.39, 0.29) is 16.7 Å². The number of anilines is 1. The molecular weight excluding hydrogens is 254 g/mol. The molecule has 0 radical (unpaired) electrons.